The van der Waals surface area contributed by atoms with Gasteiger partial charge in [-0.1, -0.05) is 6.42 Å². The minimum absolute atomic E-state index is 0.0215. The minimum atomic E-state index is -0.0215. The Balaban J connectivity index is 2.12. The fourth-order valence-electron chi connectivity index (χ4n) is 1.17. The highest BCUT2D eigenvalue weighted by atomic mass is 28.2. The Bertz CT molecular complexity index is 71.5. The van der Waals surface area contributed by atoms with E-state index in [0.29, 0.717) is 0 Å². The summed E-state index contributed by atoms with van der Waals surface area (Å²) in [6.45, 7) is 1.05. The summed E-state index contributed by atoms with van der Waals surface area (Å²) in [6, 6.07) is 1.36. The van der Waals surface area contributed by atoms with Crippen LogP contribution in [0.4, 0.5) is 0 Å². The van der Waals surface area contributed by atoms with Gasteiger partial charge in [-0.25, -0.2) is 0 Å². The summed E-state index contributed by atoms with van der Waals surface area (Å²) in [5.41, 5.74) is 0. The summed E-state index contributed by atoms with van der Waals surface area (Å²) < 4.78 is 0. The lowest BCUT2D eigenvalue weighted by molar-refractivity contribution is 0.153. The molecule has 1 heterocycles. The van der Waals surface area contributed by atoms with Gasteiger partial charge in [-0.3, -0.25) is 0 Å². The SMILES string of the molecule is OC1CCC[SiH2]NCC1. The zero-order chi connectivity index (χ0) is 6.53. The van der Waals surface area contributed by atoms with Crippen molar-refractivity contribution < 1.29 is 5.11 Å². The van der Waals surface area contributed by atoms with Crippen LogP contribution in [-0.4, -0.2) is 27.4 Å². The second-order valence-corrected chi connectivity index (χ2v) is 4.40. The lowest BCUT2D eigenvalue weighted by Crippen LogP contribution is -2.26. The minimum Gasteiger partial charge on any atom is -0.393 e. The van der Waals surface area contributed by atoms with Gasteiger partial charge in [-0.15, -0.1) is 0 Å². The van der Waals surface area contributed by atoms with Crippen LogP contribution in [0.15, 0.2) is 0 Å². The lowest BCUT2D eigenvalue weighted by atomic mass is 10.1. The van der Waals surface area contributed by atoms with Gasteiger partial charge in [0, 0.05) is 0 Å². The molecule has 0 aliphatic carbocycles. The van der Waals surface area contributed by atoms with Crippen LogP contribution in [0.5, 0.6) is 0 Å². The highest BCUT2D eigenvalue weighted by molar-refractivity contribution is 6.32. The lowest BCUT2D eigenvalue weighted by Gasteiger charge is -2.14. The molecule has 0 saturated carbocycles. The van der Waals surface area contributed by atoms with Crippen LogP contribution >= 0.6 is 0 Å². The molecule has 1 saturated heterocycles. The van der Waals surface area contributed by atoms with Crippen molar-refractivity contribution >= 4 is 9.68 Å². The quantitative estimate of drug-likeness (QED) is 0.456. The molecule has 0 spiro atoms. The number of hydrogen-bond acceptors (Lipinski definition) is 2. The molecule has 2 nitrogen and oxygen atoms in total. The van der Waals surface area contributed by atoms with E-state index in [1.807, 2.05) is 0 Å². The van der Waals surface area contributed by atoms with Crippen molar-refractivity contribution in [3.8, 4) is 0 Å². The zero-order valence-electron chi connectivity index (χ0n) is 5.77. The third-order valence-corrected chi connectivity index (χ3v) is 3.36. The third kappa shape index (κ3) is 2.98. The maximum Gasteiger partial charge on any atom is 0.0916 e. The van der Waals surface area contributed by atoms with E-state index < -0.39 is 0 Å². The van der Waals surface area contributed by atoms with Gasteiger partial charge >= 0.3 is 0 Å². The summed E-state index contributed by atoms with van der Waals surface area (Å²) in [6.07, 6.45) is 3.22. The molecule has 2 N–H and O–H groups in total. The van der Waals surface area contributed by atoms with Gasteiger partial charge in [0.15, 0.2) is 0 Å². The number of aliphatic hydroxyl groups is 1. The highest BCUT2D eigenvalue weighted by Gasteiger charge is 2.05. The number of hydrogen-bond donors (Lipinski definition) is 2. The Kier molecular flexibility index (Phi) is 3.25. The van der Waals surface area contributed by atoms with Crippen molar-refractivity contribution in [2.45, 2.75) is 31.4 Å². The van der Waals surface area contributed by atoms with E-state index >= 15 is 0 Å². The highest BCUT2D eigenvalue weighted by Crippen LogP contribution is 2.05. The topological polar surface area (TPSA) is 32.3 Å². The fourth-order valence-corrected chi connectivity index (χ4v) is 2.41. The van der Waals surface area contributed by atoms with E-state index in [4.69, 9.17) is 0 Å². The first-order valence-corrected chi connectivity index (χ1v) is 5.49. The van der Waals surface area contributed by atoms with Gasteiger partial charge in [-0.05, 0) is 25.4 Å². The van der Waals surface area contributed by atoms with E-state index in [1.54, 1.807) is 0 Å². The second kappa shape index (κ2) is 4.03. The normalized spacial score (nSPS) is 33.7. The van der Waals surface area contributed by atoms with Crippen molar-refractivity contribution in [3.63, 3.8) is 0 Å². The smallest absolute Gasteiger partial charge is 0.0916 e. The largest absolute Gasteiger partial charge is 0.393 e. The molecule has 1 atom stereocenters. The van der Waals surface area contributed by atoms with Crippen molar-refractivity contribution in [3.05, 3.63) is 0 Å². The fraction of sp³-hybridized carbons (Fsp3) is 1.00. The third-order valence-electron chi connectivity index (χ3n) is 1.80. The maximum absolute atomic E-state index is 9.19. The summed E-state index contributed by atoms with van der Waals surface area (Å²) >= 11 is 0. The average molecular weight is 145 g/mol. The molecule has 1 aliphatic heterocycles. The maximum atomic E-state index is 9.19. The molecular formula is C6H15NOSi. The molecule has 0 aromatic carbocycles. The second-order valence-electron chi connectivity index (χ2n) is 2.69. The van der Waals surface area contributed by atoms with Crippen LogP contribution in [0.25, 0.3) is 0 Å². The Morgan fingerprint density at radius 3 is 3.22 bits per heavy atom. The Labute approximate surface area is 58.6 Å². The van der Waals surface area contributed by atoms with E-state index in [2.05, 4.69) is 4.98 Å². The predicted molar refractivity (Wildman–Crippen MR) is 41.2 cm³/mol. The van der Waals surface area contributed by atoms with E-state index in [0.717, 1.165) is 19.4 Å². The molecule has 0 aromatic heterocycles. The molecule has 54 valence electrons. The van der Waals surface area contributed by atoms with Crippen LogP contribution in [0.3, 0.4) is 0 Å². The van der Waals surface area contributed by atoms with Crippen LogP contribution in [0.2, 0.25) is 6.04 Å². The van der Waals surface area contributed by atoms with E-state index in [1.165, 1.54) is 12.5 Å². The molecule has 1 unspecified atom stereocenters. The zero-order valence-corrected chi connectivity index (χ0v) is 7.18. The van der Waals surface area contributed by atoms with Gasteiger partial charge in [0.1, 0.15) is 0 Å². The summed E-state index contributed by atoms with van der Waals surface area (Å²) in [5.74, 6) is 0. The molecule has 1 rings (SSSR count). The summed E-state index contributed by atoms with van der Waals surface area (Å²) in [7, 11) is 0.0678. The summed E-state index contributed by atoms with van der Waals surface area (Å²) in [5, 5.41) is 9.19. The first kappa shape index (κ1) is 7.25. The van der Waals surface area contributed by atoms with Crippen molar-refractivity contribution in [1.82, 2.24) is 4.98 Å². The average Bonchev–Trinajstić information content (AvgIpc) is 1.79. The molecule has 0 radical (unpaired) electrons. The standard InChI is InChI=1S/C6H15NOSi/c8-6-2-1-5-9-7-4-3-6/h6-8H,1-5,9H2. The molecule has 3 heteroatoms. The molecule has 0 bridgehead atoms. The first-order chi connectivity index (χ1) is 4.39. The van der Waals surface area contributed by atoms with Gasteiger partial charge in [0.25, 0.3) is 0 Å². The van der Waals surface area contributed by atoms with E-state index in [-0.39, 0.29) is 15.8 Å². The molecule has 0 aromatic rings. The van der Waals surface area contributed by atoms with Crippen LogP contribution < -0.4 is 4.98 Å². The molecule has 9 heavy (non-hydrogen) atoms. The van der Waals surface area contributed by atoms with Gasteiger partial charge in [0.2, 0.25) is 0 Å². The molecular weight excluding hydrogens is 130 g/mol. The Hall–Kier alpha value is 0.137. The van der Waals surface area contributed by atoms with Crippen molar-refractivity contribution in [2.24, 2.45) is 0 Å². The monoisotopic (exact) mass is 145 g/mol. The van der Waals surface area contributed by atoms with Gasteiger partial charge < -0.3 is 10.1 Å². The van der Waals surface area contributed by atoms with Crippen LogP contribution in [0, 0.1) is 0 Å². The molecule has 0 amide bonds. The first-order valence-electron chi connectivity index (χ1n) is 3.78. The van der Waals surface area contributed by atoms with Crippen LogP contribution in [0.1, 0.15) is 19.3 Å². The predicted octanol–water partition coefficient (Wildman–Crippen LogP) is -0.377. The number of nitrogens with one attached hydrogen (secondary N) is 1. The van der Waals surface area contributed by atoms with Crippen molar-refractivity contribution in [2.75, 3.05) is 6.54 Å². The summed E-state index contributed by atoms with van der Waals surface area (Å²) in [4.78, 5) is 3.40. The van der Waals surface area contributed by atoms with Crippen molar-refractivity contribution in [1.29, 1.82) is 0 Å². The van der Waals surface area contributed by atoms with Gasteiger partial charge in [0.05, 0.1) is 15.8 Å². The van der Waals surface area contributed by atoms with E-state index in [9.17, 15) is 5.11 Å². The molecule has 1 fully saturated rings. The number of aliphatic hydroxyl groups excluding tert-OH is 1. The number of rotatable bonds is 0. The van der Waals surface area contributed by atoms with Gasteiger partial charge in [-0.2, -0.15) is 0 Å². The Morgan fingerprint density at radius 1 is 1.44 bits per heavy atom. The Morgan fingerprint density at radius 2 is 2.33 bits per heavy atom. The van der Waals surface area contributed by atoms with Crippen LogP contribution in [-0.2, 0) is 0 Å². The molecule has 1 aliphatic rings.